The lowest BCUT2D eigenvalue weighted by molar-refractivity contribution is -0.115. The summed E-state index contributed by atoms with van der Waals surface area (Å²) < 4.78 is 0. The first-order chi connectivity index (χ1) is 5.83. The summed E-state index contributed by atoms with van der Waals surface area (Å²) in [5.41, 5.74) is 0.966. The largest absolute Gasteiger partial charge is 0.356 e. The first-order valence-corrected chi connectivity index (χ1v) is 3.63. The van der Waals surface area contributed by atoms with Crippen LogP contribution >= 0.6 is 0 Å². The summed E-state index contributed by atoms with van der Waals surface area (Å²) in [5, 5.41) is 2.49. The predicted octanol–water partition coefficient (Wildman–Crippen LogP) is 0.841. The Kier molecular flexibility index (Phi) is 3.02. The molecular weight excluding hydrogens is 152 g/mol. The molecule has 1 N–H and O–H groups in total. The van der Waals surface area contributed by atoms with E-state index in [1.54, 1.807) is 25.5 Å². The highest BCUT2D eigenvalue weighted by Gasteiger charge is 1.88. The Morgan fingerprint density at radius 3 is 2.75 bits per heavy atom. The number of pyridine rings is 1. The Hall–Kier alpha value is -1.64. The van der Waals surface area contributed by atoms with Crippen molar-refractivity contribution in [3.05, 3.63) is 36.2 Å². The number of hydrogen-bond acceptors (Lipinski definition) is 2. The quantitative estimate of drug-likeness (QED) is 0.655. The van der Waals surface area contributed by atoms with Crippen LogP contribution < -0.4 is 5.32 Å². The fraction of sp³-hybridized carbons (Fsp3) is 0.111. The third-order valence-electron chi connectivity index (χ3n) is 1.38. The summed E-state index contributed by atoms with van der Waals surface area (Å²) >= 11 is 0. The van der Waals surface area contributed by atoms with Gasteiger partial charge in [-0.2, -0.15) is 0 Å². The summed E-state index contributed by atoms with van der Waals surface area (Å²) in [6.45, 7) is 0. The maximum atomic E-state index is 10.8. The number of carbonyl (C=O) groups is 1. The number of rotatable bonds is 2. The number of aromatic nitrogens is 1. The molecule has 12 heavy (non-hydrogen) atoms. The summed E-state index contributed by atoms with van der Waals surface area (Å²) in [4.78, 5) is 14.6. The van der Waals surface area contributed by atoms with Crippen LogP contribution in [0.4, 0.5) is 0 Å². The van der Waals surface area contributed by atoms with E-state index in [9.17, 15) is 4.79 Å². The van der Waals surface area contributed by atoms with Crippen molar-refractivity contribution in [3.63, 3.8) is 0 Å². The van der Waals surface area contributed by atoms with E-state index < -0.39 is 0 Å². The van der Waals surface area contributed by atoms with Gasteiger partial charge in [0.15, 0.2) is 0 Å². The van der Waals surface area contributed by atoms with Crippen molar-refractivity contribution in [2.75, 3.05) is 7.05 Å². The molecule has 0 aliphatic heterocycles. The van der Waals surface area contributed by atoms with Gasteiger partial charge in [0.2, 0.25) is 5.91 Å². The fourth-order valence-electron chi connectivity index (χ4n) is 0.730. The number of hydrogen-bond donors (Lipinski definition) is 1. The van der Waals surface area contributed by atoms with Gasteiger partial charge in [0.25, 0.3) is 0 Å². The van der Waals surface area contributed by atoms with Crippen LogP contribution in [0.25, 0.3) is 6.08 Å². The van der Waals surface area contributed by atoms with Gasteiger partial charge in [-0.05, 0) is 23.8 Å². The van der Waals surface area contributed by atoms with Crippen LogP contribution in [-0.2, 0) is 4.79 Å². The second-order valence-electron chi connectivity index (χ2n) is 2.23. The van der Waals surface area contributed by atoms with Gasteiger partial charge in [0.05, 0.1) is 0 Å². The van der Waals surface area contributed by atoms with Crippen molar-refractivity contribution >= 4 is 12.0 Å². The number of carbonyl (C=O) groups excluding carboxylic acids is 1. The molecule has 0 saturated heterocycles. The second kappa shape index (κ2) is 4.28. The van der Waals surface area contributed by atoms with Crippen LogP contribution in [0.5, 0.6) is 0 Å². The molecule has 0 atom stereocenters. The molecule has 3 heteroatoms. The van der Waals surface area contributed by atoms with E-state index in [0.717, 1.165) is 5.56 Å². The van der Waals surface area contributed by atoms with E-state index in [1.807, 2.05) is 12.1 Å². The molecule has 0 fully saturated rings. The summed E-state index contributed by atoms with van der Waals surface area (Å²) in [5.74, 6) is -0.105. The highest BCUT2D eigenvalue weighted by Crippen LogP contribution is 1.97. The third-order valence-corrected chi connectivity index (χ3v) is 1.38. The van der Waals surface area contributed by atoms with E-state index in [0.29, 0.717) is 0 Å². The van der Waals surface area contributed by atoms with Gasteiger partial charge in [-0.1, -0.05) is 0 Å². The zero-order valence-electron chi connectivity index (χ0n) is 6.82. The molecule has 0 aliphatic carbocycles. The Bertz CT molecular complexity index is 280. The van der Waals surface area contributed by atoms with Gasteiger partial charge in [-0.25, -0.2) is 0 Å². The van der Waals surface area contributed by atoms with Crippen LogP contribution in [0.1, 0.15) is 5.56 Å². The van der Waals surface area contributed by atoms with Gasteiger partial charge in [0, 0.05) is 25.5 Å². The lowest BCUT2D eigenvalue weighted by Crippen LogP contribution is -2.13. The summed E-state index contributed by atoms with van der Waals surface area (Å²) in [7, 11) is 1.60. The van der Waals surface area contributed by atoms with Crippen LogP contribution in [-0.4, -0.2) is 17.9 Å². The maximum Gasteiger partial charge on any atom is 0.243 e. The number of amides is 1. The van der Waals surface area contributed by atoms with Crippen LogP contribution in [0.3, 0.4) is 0 Å². The Morgan fingerprint density at radius 1 is 1.50 bits per heavy atom. The predicted molar refractivity (Wildman–Crippen MR) is 47.3 cm³/mol. The summed E-state index contributed by atoms with van der Waals surface area (Å²) in [6.07, 6.45) is 6.59. The lowest BCUT2D eigenvalue weighted by atomic mass is 10.2. The zero-order valence-corrected chi connectivity index (χ0v) is 6.82. The van der Waals surface area contributed by atoms with Crippen LogP contribution in [0, 0.1) is 0 Å². The van der Waals surface area contributed by atoms with Gasteiger partial charge in [-0.15, -0.1) is 0 Å². The first-order valence-electron chi connectivity index (χ1n) is 3.63. The van der Waals surface area contributed by atoms with Gasteiger partial charge < -0.3 is 5.32 Å². The molecule has 62 valence electrons. The van der Waals surface area contributed by atoms with Crippen LogP contribution in [0.2, 0.25) is 0 Å². The summed E-state index contributed by atoms with van der Waals surface area (Å²) in [6, 6.07) is 3.67. The van der Waals surface area contributed by atoms with E-state index in [4.69, 9.17) is 0 Å². The first kappa shape index (κ1) is 8.46. The Morgan fingerprint density at radius 2 is 2.17 bits per heavy atom. The molecule has 0 radical (unpaired) electrons. The lowest BCUT2D eigenvalue weighted by Gasteiger charge is -1.90. The Balaban J connectivity index is 2.64. The van der Waals surface area contributed by atoms with E-state index in [1.165, 1.54) is 6.08 Å². The Labute approximate surface area is 71.1 Å². The van der Waals surface area contributed by atoms with Crippen LogP contribution in [0.15, 0.2) is 30.6 Å². The minimum absolute atomic E-state index is 0.105. The second-order valence-corrected chi connectivity index (χ2v) is 2.23. The molecule has 0 unspecified atom stereocenters. The number of likely N-dealkylation sites (N-methyl/N-ethyl adjacent to an activating group) is 1. The molecule has 1 amide bonds. The number of nitrogens with one attached hydrogen (secondary N) is 1. The molecule has 0 aliphatic rings. The zero-order chi connectivity index (χ0) is 8.81. The highest BCUT2D eigenvalue weighted by atomic mass is 16.1. The minimum Gasteiger partial charge on any atom is -0.356 e. The molecule has 1 heterocycles. The van der Waals surface area contributed by atoms with Crippen molar-refractivity contribution < 1.29 is 4.79 Å². The number of nitrogens with zero attached hydrogens (tertiary/aromatic N) is 1. The van der Waals surface area contributed by atoms with Gasteiger partial charge >= 0.3 is 0 Å². The topological polar surface area (TPSA) is 42.0 Å². The van der Waals surface area contributed by atoms with Crippen molar-refractivity contribution in [2.24, 2.45) is 0 Å². The van der Waals surface area contributed by atoms with E-state index in [-0.39, 0.29) is 5.91 Å². The molecule has 0 saturated carbocycles. The minimum atomic E-state index is -0.105. The average molecular weight is 162 g/mol. The smallest absolute Gasteiger partial charge is 0.243 e. The standard InChI is InChI=1S/C9H10N2O/c1-10-9(12)3-2-8-4-6-11-7-5-8/h2-7H,1H3,(H,10,12)/b3-2+. The monoisotopic (exact) mass is 162 g/mol. The van der Waals surface area contributed by atoms with Gasteiger partial charge in [-0.3, -0.25) is 9.78 Å². The van der Waals surface area contributed by atoms with Crippen molar-refractivity contribution in [1.29, 1.82) is 0 Å². The molecule has 1 aromatic rings. The van der Waals surface area contributed by atoms with Crippen molar-refractivity contribution in [1.82, 2.24) is 10.3 Å². The van der Waals surface area contributed by atoms with Crippen molar-refractivity contribution in [3.8, 4) is 0 Å². The third kappa shape index (κ3) is 2.54. The normalized spacial score (nSPS) is 10.1. The SMILES string of the molecule is CNC(=O)/C=C/c1ccncc1. The molecule has 1 rings (SSSR count). The maximum absolute atomic E-state index is 10.8. The van der Waals surface area contributed by atoms with Crippen molar-refractivity contribution in [2.45, 2.75) is 0 Å². The van der Waals surface area contributed by atoms with Gasteiger partial charge in [0.1, 0.15) is 0 Å². The molecule has 3 nitrogen and oxygen atoms in total. The van der Waals surface area contributed by atoms with E-state index >= 15 is 0 Å². The molecule has 0 bridgehead atoms. The molecule has 0 spiro atoms. The average Bonchev–Trinajstić information content (AvgIpc) is 2.16. The fourth-order valence-corrected chi connectivity index (χ4v) is 0.730. The molecule has 0 aromatic carbocycles. The highest BCUT2D eigenvalue weighted by molar-refractivity contribution is 5.91. The molecular formula is C9H10N2O. The van der Waals surface area contributed by atoms with E-state index in [2.05, 4.69) is 10.3 Å². The molecule has 1 aromatic heterocycles.